The SMILES string of the molecule is Cc1cc([N+](=O)[O-])ccc1NC1CCN(C)C1. The summed E-state index contributed by atoms with van der Waals surface area (Å²) in [5, 5.41) is 14.1. The molecular weight excluding hydrogens is 218 g/mol. The first-order valence-electron chi connectivity index (χ1n) is 5.76. The molecule has 0 bridgehead atoms. The van der Waals surface area contributed by atoms with Crippen LogP contribution >= 0.6 is 0 Å². The van der Waals surface area contributed by atoms with Crippen molar-refractivity contribution in [3.8, 4) is 0 Å². The van der Waals surface area contributed by atoms with Crippen molar-refractivity contribution in [2.75, 3.05) is 25.5 Å². The Hall–Kier alpha value is -1.62. The Kier molecular flexibility index (Phi) is 3.28. The molecule has 2 rings (SSSR count). The summed E-state index contributed by atoms with van der Waals surface area (Å²) in [5.41, 5.74) is 2.07. The third kappa shape index (κ3) is 2.74. The number of nitrogens with one attached hydrogen (secondary N) is 1. The molecule has 1 N–H and O–H groups in total. The van der Waals surface area contributed by atoms with Crippen molar-refractivity contribution in [2.24, 2.45) is 0 Å². The maximum Gasteiger partial charge on any atom is 0.269 e. The summed E-state index contributed by atoms with van der Waals surface area (Å²) in [6.07, 6.45) is 1.12. The number of non-ortho nitro benzene ring substituents is 1. The number of aryl methyl sites for hydroxylation is 1. The van der Waals surface area contributed by atoms with E-state index in [9.17, 15) is 10.1 Å². The molecule has 0 aromatic heterocycles. The predicted octanol–water partition coefficient (Wildman–Crippen LogP) is 2.02. The van der Waals surface area contributed by atoms with E-state index >= 15 is 0 Å². The summed E-state index contributed by atoms with van der Waals surface area (Å²) in [6, 6.07) is 5.40. The van der Waals surface area contributed by atoms with Crippen LogP contribution in [-0.2, 0) is 0 Å². The third-order valence-electron chi connectivity index (χ3n) is 3.17. The minimum Gasteiger partial charge on any atom is -0.381 e. The van der Waals surface area contributed by atoms with Crippen molar-refractivity contribution in [2.45, 2.75) is 19.4 Å². The normalized spacial score (nSPS) is 20.5. The molecule has 1 atom stereocenters. The molecule has 1 unspecified atom stereocenters. The number of likely N-dealkylation sites (N-methyl/N-ethyl adjacent to an activating group) is 1. The van der Waals surface area contributed by atoms with Crippen LogP contribution in [0.3, 0.4) is 0 Å². The number of likely N-dealkylation sites (tertiary alicyclic amines) is 1. The lowest BCUT2D eigenvalue weighted by molar-refractivity contribution is -0.384. The van der Waals surface area contributed by atoms with Crippen LogP contribution in [-0.4, -0.2) is 36.0 Å². The van der Waals surface area contributed by atoms with Gasteiger partial charge < -0.3 is 10.2 Å². The quantitative estimate of drug-likeness (QED) is 0.643. The summed E-state index contributed by atoms with van der Waals surface area (Å²) in [4.78, 5) is 12.5. The summed E-state index contributed by atoms with van der Waals surface area (Å²) in [7, 11) is 2.10. The first-order chi connectivity index (χ1) is 8.06. The standard InChI is InChI=1S/C12H17N3O2/c1-9-7-11(15(16)17)3-4-12(9)13-10-5-6-14(2)8-10/h3-4,7,10,13H,5-6,8H2,1-2H3. The average Bonchev–Trinajstić information content (AvgIpc) is 2.67. The second kappa shape index (κ2) is 4.71. The Balaban J connectivity index is 2.09. The van der Waals surface area contributed by atoms with Gasteiger partial charge in [-0.2, -0.15) is 0 Å². The highest BCUT2D eigenvalue weighted by Crippen LogP contribution is 2.23. The molecule has 1 aliphatic heterocycles. The van der Waals surface area contributed by atoms with Crippen LogP contribution in [0.25, 0.3) is 0 Å². The number of hydrogen-bond acceptors (Lipinski definition) is 4. The largest absolute Gasteiger partial charge is 0.381 e. The molecule has 1 heterocycles. The minimum absolute atomic E-state index is 0.150. The number of nitro benzene ring substituents is 1. The van der Waals surface area contributed by atoms with Crippen LogP contribution in [0.2, 0.25) is 0 Å². The van der Waals surface area contributed by atoms with E-state index in [1.807, 2.05) is 6.92 Å². The summed E-state index contributed by atoms with van der Waals surface area (Å²) < 4.78 is 0. The summed E-state index contributed by atoms with van der Waals surface area (Å²) >= 11 is 0. The lowest BCUT2D eigenvalue weighted by Gasteiger charge is -2.15. The fraction of sp³-hybridized carbons (Fsp3) is 0.500. The summed E-state index contributed by atoms with van der Waals surface area (Å²) in [6.45, 7) is 4.02. The topological polar surface area (TPSA) is 58.4 Å². The number of nitro groups is 1. The summed E-state index contributed by atoms with van der Waals surface area (Å²) in [5.74, 6) is 0. The fourth-order valence-corrected chi connectivity index (χ4v) is 2.20. The van der Waals surface area contributed by atoms with E-state index in [-0.39, 0.29) is 10.6 Å². The minimum atomic E-state index is -0.361. The maximum atomic E-state index is 10.6. The van der Waals surface area contributed by atoms with E-state index in [2.05, 4.69) is 17.3 Å². The van der Waals surface area contributed by atoms with Gasteiger partial charge in [-0.15, -0.1) is 0 Å². The zero-order valence-corrected chi connectivity index (χ0v) is 10.1. The highest BCUT2D eigenvalue weighted by Gasteiger charge is 2.19. The molecule has 0 radical (unpaired) electrons. The number of hydrogen-bond donors (Lipinski definition) is 1. The molecule has 0 amide bonds. The van der Waals surface area contributed by atoms with Crippen molar-refractivity contribution < 1.29 is 4.92 Å². The maximum absolute atomic E-state index is 10.6. The van der Waals surface area contributed by atoms with E-state index in [1.165, 1.54) is 0 Å². The van der Waals surface area contributed by atoms with Gasteiger partial charge in [0, 0.05) is 30.4 Å². The first-order valence-corrected chi connectivity index (χ1v) is 5.76. The monoisotopic (exact) mass is 235 g/mol. The second-order valence-electron chi connectivity index (χ2n) is 4.65. The Morgan fingerprint density at radius 1 is 1.53 bits per heavy atom. The van der Waals surface area contributed by atoms with E-state index in [0.717, 1.165) is 30.8 Å². The van der Waals surface area contributed by atoms with Gasteiger partial charge in [0.2, 0.25) is 0 Å². The molecule has 0 aliphatic carbocycles. The van der Waals surface area contributed by atoms with Crippen LogP contribution in [0.4, 0.5) is 11.4 Å². The second-order valence-corrected chi connectivity index (χ2v) is 4.65. The highest BCUT2D eigenvalue weighted by atomic mass is 16.6. The Morgan fingerprint density at radius 3 is 2.82 bits per heavy atom. The van der Waals surface area contributed by atoms with Crippen LogP contribution < -0.4 is 5.32 Å². The molecule has 1 aromatic rings. The number of benzene rings is 1. The van der Waals surface area contributed by atoms with Crippen LogP contribution in [0, 0.1) is 17.0 Å². The van der Waals surface area contributed by atoms with Crippen molar-refractivity contribution in [3.63, 3.8) is 0 Å². The van der Waals surface area contributed by atoms with Crippen molar-refractivity contribution in [1.82, 2.24) is 4.90 Å². The molecule has 0 spiro atoms. The van der Waals surface area contributed by atoms with E-state index in [0.29, 0.717) is 6.04 Å². The van der Waals surface area contributed by atoms with E-state index in [4.69, 9.17) is 0 Å². The van der Waals surface area contributed by atoms with Crippen molar-refractivity contribution in [1.29, 1.82) is 0 Å². The molecule has 5 nitrogen and oxygen atoms in total. The lowest BCUT2D eigenvalue weighted by Crippen LogP contribution is -2.23. The zero-order chi connectivity index (χ0) is 12.4. The van der Waals surface area contributed by atoms with Gasteiger partial charge >= 0.3 is 0 Å². The van der Waals surface area contributed by atoms with Crippen molar-refractivity contribution in [3.05, 3.63) is 33.9 Å². The third-order valence-corrected chi connectivity index (χ3v) is 3.17. The molecule has 1 aliphatic rings. The van der Waals surface area contributed by atoms with Crippen LogP contribution in [0.1, 0.15) is 12.0 Å². The van der Waals surface area contributed by atoms with Gasteiger partial charge in [0.15, 0.2) is 0 Å². The molecule has 17 heavy (non-hydrogen) atoms. The average molecular weight is 235 g/mol. The molecule has 92 valence electrons. The van der Waals surface area contributed by atoms with Gasteiger partial charge in [-0.1, -0.05) is 0 Å². The molecule has 0 saturated carbocycles. The Bertz CT molecular complexity index is 434. The number of anilines is 1. The molecule has 1 aromatic carbocycles. The number of nitrogens with zero attached hydrogens (tertiary/aromatic N) is 2. The fourth-order valence-electron chi connectivity index (χ4n) is 2.20. The Labute approximate surface area is 101 Å². The molecule has 1 saturated heterocycles. The Morgan fingerprint density at radius 2 is 2.29 bits per heavy atom. The highest BCUT2D eigenvalue weighted by molar-refractivity contribution is 5.56. The van der Waals surface area contributed by atoms with Crippen LogP contribution in [0.15, 0.2) is 18.2 Å². The van der Waals surface area contributed by atoms with Crippen molar-refractivity contribution >= 4 is 11.4 Å². The van der Waals surface area contributed by atoms with Gasteiger partial charge in [-0.25, -0.2) is 0 Å². The van der Waals surface area contributed by atoms with Gasteiger partial charge in [-0.3, -0.25) is 10.1 Å². The molecule has 1 fully saturated rings. The van der Waals surface area contributed by atoms with Crippen LogP contribution in [0.5, 0.6) is 0 Å². The van der Waals surface area contributed by atoms with E-state index < -0.39 is 0 Å². The first kappa shape index (κ1) is 11.9. The number of rotatable bonds is 3. The van der Waals surface area contributed by atoms with Gasteiger partial charge in [-0.05, 0) is 38.6 Å². The lowest BCUT2D eigenvalue weighted by atomic mass is 10.1. The van der Waals surface area contributed by atoms with Gasteiger partial charge in [0.25, 0.3) is 5.69 Å². The molecule has 5 heteroatoms. The smallest absolute Gasteiger partial charge is 0.269 e. The predicted molar refractivity (Wildman–Crippen MR) is 67.4 cm³/mol. The molecular formula is C12H17N3O2. The zero-order valence-electron chi connectivity index (χ0n) is 10.1. The van der Waals surface area contributed by atoms with Gasteiger partial charge in [0.05, 0.1) is 4.92 Å². The van der Waals surface area contributed by atoms with E-state index in [1.54, 1.807) is 18.2 Å². The van der Waals surface area contributed by atoms with Gasteiger partial charge in [0.1, 0.15) is 0 Å².